The predicted molar refractivity (Wildman–Crippen MR) is 97.2 cm³/mol. The maximum Gasteiger partial charge on any atom is 0.253 e. The van der Waals surface area contributed by atoms with Crippen LogP contribution in [0.25, 0.3) is 0 Å². The van der Waals surface area contributed by atoms with E-state index in [0.29, 0.717) is 44.8 Å². The van der Waals surface area contributed by atoms with E-state index >= 15 is 0 Å². The van der Waals surface area contributed by atoms with E-state index < -0.39 is 0 Å². The van der Waals surface area contributed by atoms with Gasteiger partial charge in [0.2, 0.25) is 5.91 Å². The molecule has 7 nitrogen and oxygen atoms in total. The number of ether oxygens (including phenoxy) is 1. The number of likely N-dealkylation sites (tertiary alicyclic amines) is 1. The molecule has 2 aliphatic heterocycles. The van der Waals surface area contributed by atoms with Crippen LogP contribution in [0.3, 0.4) is 0 Å². The van der Waals surface area contributed by atoms with Gasteiger partial charge in [0.1, 0.15) is 5.75 Å². The zero-order chi connectivity index (χ0) is 18.5. The highest BCUT2D eigenvalue weighted by molar-refractivity contribution is 5.94. The Bertz CT molecular complexity index is 626. The molecule has 142 valence electrons. The number of amides is 2. The molecule has 0 aliphatic carbocycles. The fraction of sp³-hybridized carbons (Fsp3) is 0.579. The van der Waals surface area contributed by atoms with Crippen molar-refractivity contribution in [3.8, 4) is 5.75 Å². The van der Waals surface area contributed by atoms with Crippen molar-refractivity contribution in [2.45, 2.75) is 18.9 Å². The summed E-state index contributed by atoms with van der Waals surface area (Å²) in [5.41, 5.74) is 0.632. The number of piperidine rings is 1. The largest absolute Gasteiger partial charge is 0.497 e. The number of rotatable bonds is 4. The first-order valence-corrected chi connectivity index (χ1v) is 9.18. The Morgan fingerprint density at radius 2 is 1.73 bits per heavy atom. The van der Waals surface area contributed by atoms with E-state index in [1.54, 1.807) is 36.3 Å². The lowest BCUT2D eigenvalue weighted by Crippen LogP contribution is -2.53. The van der Waals surface area contributed by atoms with Crippen molar-refractivity contribution in [1.29, 1.82) is 0 Å². The third-order valence-corrected chi connectivity index (χ3v) is 5.10. The van der Waals surface area contributed by atoms with Gasteiger partial charge in [0.15, 0.2) is 0 Å². The monoisotopic (exact) mass is 361 g/mol. The number of methoxy groups -OCH3 is 1. The van der Waals surface area contributed by atoms with Gasteiger partial charge in [0, 0.05) is 38.3 Å². The van der Waals surface area contributed by atoms with E-state index in [2.05, 4.69) is 0 Å². The first kappa shape index (κ1) is 18.7. The van der Waals surface area contributed by atoms with Crippen LogP contribution in [0.5, 0.6) is 5.75 Å². The maximum atomic E-state index is 12.6. The van der Waals surface area contributed by atoms with Gasteiger partial charge in [-0.25, -0.2) is 0 Å². The van der Waals surface area contributed by atoms with Crippen LogP contribution in [0.1, 0.15) is 23.2 Å². The van der Waals surface area contributed by atoms with Gasteiger partial charge < -0.3 is 19.6 Å². The lowest BCUT2D eigenvalue weighted by molar-refractivity contribution is -0.134. The van der Waals surface area contributed by atoms with E-state index in [4.69, 9.17) is 4.74 Å². The van der Waals surface area contributed by atoms with Gasteiger partial charge in [-0.05, 0) is 43.7 Å². The first-order valence-electron chi connectivity index (χ1n) is 9.18. The Balaban J connectivity index is 1.48. The van der Waals surface area contributed by atoms with Crippen LogP contribution in [-0.4, -0.2) is 90.6 Å². The number of piperazine rings is 1. The summed E-state index contributed by atoms with van der Waals surface area (Å²) in [5, 5.41) is 9.72. The number of carbonyl (C=O) groups excluding carboxylic acids is 2. The Kier molecular flexibility index (Phi) is 6.11. The number of β-amino-alcohol motifs (C(OH)–C–C–N with tert-alkyl or cyclic N) is 1. The van der Waals surface area contributed by atoms with Crippen LogP contribution in [0.2, 0.25) is 0 Å². The quantitative estimate of drug-likeness (QED) is 0.842. The molecule has 2 aliphatic rings. The summed E-state index contributed by atoms with van der Waals surface area (Å²) in [4.78, 5) is 30.7. The predicted octanol–water partition coefficient (Wildman–Crippen LogP) is 0.436. The summed E-state index contributed by atoms with van der Waals surface area (Å²) in [6, 6.07) is 7.08. The SMILES string of the molecule is COc1ccc(C(=O)N2CCN(C(=O)CN3CCC[C@H](O)C3)CC2)cc1. The zero-order valence-electron chi connectivity index (χ0n) is 15.3. The van der Waals surface area contributed by atoms with Gasteiger partial charge in [-0.1, -0.05) is 0 Å². The van der Waals surface area contributed by atoms with Crippen molar-refractivity contribution in [2.75, 3.05) is 52.9 Å². The summed E-state index contributed by atoms with van der Waals surface area (Å²) >= 11 is 0. The van der Waals surface area contributed by atoms with Crippen molar-refractivity contribution in [2.24, 2.45) is 0 Å². The van der Waals surface area contributed by atoms with Gasteiger partial charge in [-0.3, -0.25) is 14.5 Å². The number of aliphatic hydroxyl groups excluding tert-OH is 1. The minimum Gasteiger partial charge on any atom is -0.497 e. The Morgan fingerprint density at radius 1 is 1.08 bits per heavy atom. The number of nitrogens with zero attached hydrogens (tertiary/aromatic N) is 3. The summed E-state index contributed by atoms with van der Waals surface area (Å²) in [6.07, 6.45) is 1.42. The van der Waals surface area contributed by atoms with Crippen molar-refractivity contribution in [3.05, 3.63) is 29.8 Å². The molecule has 1 aromatic carbocycles. The molecule has 0 radical (unpaired) electrons. The molecule has 3 rings (SSSR count). The molecule has 1 N–H and O–H groups in total. The first-order chi connectivity index (χ1) is 12.6. The molecule has 1 atom stereocenters. The average molecular weight is 361 g/mol. The molecule has 0 aromatic heterocycles. The summed E-state index contributed by atoms with van der Waals surface area (Å²) in [7, 11) is 1.59. The van der Waals surface area contributed by atoms with Crippen molar-refractivity contribution in [1.82, 2.24) is 14.7 Å². The third-order valence-electron chi connectivity index (χ3n) is 5.10. The summed E-state index contributed by atoms with van der Waals surface area (Å²) in [6.45, 7) is 3.97. The fourth-order valence-corrected chi connectivity index (χ4v) is 3.54. The van der Waals surface area contributed by atoms with E-state index in [-0.39, 0.29) is 17.9 Å². The lowest BCUT2D eigenvalue weighted by atomic mass is 10.1. The smallest absolute Gasteiger partial charge is 0.253 e. The highest BCUT2D eigenvalue weighted by Crippen LogP contribution is 2.15. The Labute approximate surface area is 154 Å². The third kappa shape index (κ3) is 4.53. The highest BCUT2D eigenvalue weighted by Gasteiger charge is 2.27. The van der Waals surface area contributed by atoms with Crippen LogP contribution in [0, 0.1) is 0 Å². The molecule has 0 bridgehead atoms. The second-order valence-corrected chi connectivity index (χ2v) is 6.93. The average Bonchev–Trinajstić information content (AvgIpc) is 2.67. The molecule has 26 heavy (non-hydrogen) atoms. The molecule has 0 saturated carbocycles. The molecule has 1 aromatic rings. The van der Waals surface area contributed by atoms with Crippen LogP contribution in [-0.2, 0) is 4.79 Å². The van der Waals surface area contributed by atoms with E-state index in [9.17, 15) is 14.7 Å². The Hall–Kier alpha value is -2.12. The van der Waals surface area contributed by atoms with E-state index in [1.165, 1.54) is 0 Å². The standard InChI is InChI=1S/C19H27N3O4/c1-26-17-6-4-15(5-7-17)19(25)22-11-9-21(10-12-22)18(24)14-20-8-2-3-16(23)13-20/h4-7,16,23H,2-3,8-14H2,1H3/t16-/m0/s1. The van der Waals surface area contributed by atoms with Gasteiger partial charge in [0.05, 0.1) is 19.8 Å². The summed E-state index contributed by atoms with van der Waals surface area (Å²) in [5.74, 6) is 0.786. The van der Waals surface area contributed by atoms with Crippen LogP contribution < -0.4 is 4.74 Å². The minimum atomic E-state index is -0.324. The molecule has 2 fully saturated rings. The Morgan fingerprint density at radius 3 is 2.35 bits per heavy atom. The van der Waals surface area contributed by atoms with Gasteiger partial charge in [-0.2, -0.15) is 0 Å². The molecule has 7 heteroatoms. The van der Waals surface area contributed by atoms with Crippen molar-refractivity contribution in [3.63, 3.8) is 0 Å². The van der Waals surface area contributed by atoms with Crippen molar-refractivity contribution >= 4 is 11.8 Å². The second kappa shape index (κ2) is 8.51. The number of hydrogen-bond donors (Lipinski definition) is 1. The molecule has 2 heterocycles. The highest BCUT2D eigenvalue weighted by atomic mass is 16.5. The van der Waals surface area contributed by atoms with Gasteiger partial charge in [0.25, 0.3) is 5.91 Å². The molecule has 2 amide bonds. The summed E-state index contributed by atoms with van der Waals surface area (Å²) < 4.78 is 5.12. The minimum absolute atomic E-state index is 0.0149. The van der Waals surface area contributed by atoms with Crippen LogP contribution in [0.15, 0.2) is 24.3 Å². The molecule has 0 spiro atoms. The number of hydrogen-bond acceptors (Lipinski definition) is 5. The van der Waals surface area contributed by atoms with E-state index in [1.807, 2.05) is 9.80 Å². The number of aliphatic hydroxyl groups is 1. The van der Waals surface area contributed by atoms with E-state index in [0.717, 1.165) is 25.1 Å². The lowest BCUT2D eigenvalue weighted by Gasteiger charge is -2.37. The van der Waals surface area contributed by atoms with Crippen LogP contribution in [0.4, 0.5) is 0 Å². The normalized spacial score (nSPS) is 21.5. The second-order valence-electron chi connectivity index (χ2n) is 6.93. The molecule has 2 saturated heterocycles. The molecular weight excluding hydrogens is 334 g/mol. The fourth-order valence-electron chi connectivity index (χ4n) is 3.54. The number of benzene rings is 1. The zero-order valence-corrected chi connectivity index (χ0v) is 15.3. The maximum absolute atomic E-state index is 12.6. The molecular formula is C19H27N3O4. The number of carbonyl (C=O) groups is 2. The topological polar surface area (TPSA) is 73.3 Å². The van der Waals surface area contributed by atoms with Crippen LogP contribution >= 0.6 is 0 Å². The molecule has 0 unspecified atom stereocenters. The van der Waals surface area contributed by atoms with Crippen molar-refractivity contribution < 1.29 is 19.4 Å². The van der Waals surface area contributed by atoms with Gasteiger partial charge >= 0.3 is 0 Å². The van der Waals surface area contributed by atoms with Gasteiger partial charge in [-0.15, -0.1) is 0 Å².